The molecule has 4 rings (SSSR count). The van der Waals surface area contributed by atoms with E-state index in [-0.39, 0.29) is 20.4 Å². The Bertz CT molecular complexity index is 1700. The molecule has 0 spiro atoms. The smallest absolute Gasteiger partial charge is 0.313 e. The molecule has 0 saturated carbocycles. The Labute approximate surface area is 255 Å². The summed E-state index contributed by atoms with van der Waals surface area (Å²) in [5, 5.41) is 0. The van der Waals surface area contributed by atoms with Crippen molar-refractivity contribution in [2.75, 3.05) is 0 Å². The number of halogens is 5. The number of hydrogen-bond acceptors (Lipinski definition) is 5. The third-order valence-electron chi connectivity index (χ3n) is 5.83. The monoisotopic (exact) mass is 654 g/mol. The first-order valence-corrected chi connectivity index (χ1v) is 16.3. The van der Waals surface area contributed by atoms with E-state index in [0.717, 1.165) is 0 Å². The summed E-state index contributed by atoms with van der Waals surface area (Å²) >= 11 is 0. The standard InChI is InChI=1S/C32H31F5O5S2/c1-31(2,3)40-20-17-18-24(23(19-20)41-32(4,5)6)43(21-13-9-7-10-14-21,22-15-11-8-12-16-22)42-44(38,39)30-28(36)26(34)25(33)27(35)29(30)37/h7-19H,1-6H3. The average Bonchev–Trinajstić information content (AvgIpc) is 2.93. The molecular weight excluding hydrogens is 623 g/mol. The summed E-state index contributed by atoms with van der Waals surface area (Å²) in [4.78, 5) is -1.54. The first-order chi connectivity index (χ1) is 20.4. The molecule has 0 saturated heterocycles. The van der Waals surface area contributed by atoms with E-state index in [9.17, 15) is 30.4 Å². The maximum absolute atomic E-state index is 15.0. The molecule has 0 radical (unpaired) electrons. The van der Waals surface area contributed by atoms with Gasteiger partial charge in [0.25, 0.3) is 0 Å². The minimum atomic E-state index is -5.73. The third-order valence-corrected chi connectivity index (χ3v) is 11.0. The van der Waals surface area contributed by atoms with Gasteiger partial charge in [0, 0.05) is 15.9 Å². The van der Waals surface area contributed by atoms with Gasteiger partial charge in [0.15, 0.2) is 28.2 Å². The Kier molecular flexibility index (Phi) is 9.12. The van der Waals surface area contributed by atoms with Crippen LogP contribution in [0.4, 0.5) is 22.0 Å². The fourth-order valence-electron chi connectivity index (χ4n) is 4.25. The van der Waals surface area contributed by atoms with Crippen LogP contribution in [0.3, 0.4) is 0 Å². The fraction of sp³-hybridized carbons (Fsp3) is 0.250. The molecule has 12 heteroatoms. The Morgan fingerprint density at radius 2 is 1.00 bits per heavy atom. The van der Waals surface area contributed by atoms with Crippen molar-refractivity contribution in [3.05, 3.63) is 108 Å². The topological polar surface area (TPSA) is 61.8 Å². The van der Waals surface area contributed by atoms with Crippen LogP contribution in [-0.2, 0) is 13.7 Å². The van der Waals surface area contributed by atoms with Gasteiger partial charge in [-0.1, -0.05) is 36.4 Å². The zero-order valence-corrected chi connectivity index (χ0v) is 26.4. The van der Waals surface area contributed by atoms with Crippen molar-refractivity contribution >= 4 is 20.4 Å². The fourth-order valence-corrected chi connectivity index (χ4v) is 9.65. The SMILES string of the molecule is CC(C)(C)Oc1ccc(S(OS(=O)(=O)c2c(F)c(F)c(F)c(F)c2F)(c2ccccc2)c2ccccc2)c(OC(C)(C)C)c1. The van der Waals surface area contributed by atoms with E-state index >= 15 is 0 Å². The van der Waals surface area contributed by atoms with Gasteiger partial charge < -0.3 is 9.47 Å². The van der Waals surface area contributed by atoms with E-state index in [1.165, 1.54) is 36.4 Å². The quantitative estimate of drug-likeness (QED) is 0.108. The van der Waals surface area contributed by atoms with Gasteiger partial charge in [0.05, 0.1) is 4.90 Å². The molecule has 4 aromatic rings. The average molecular weight is 655 g/mol. The maximum atomic E-state index is 15.0. The highest BCUT2D eigenvalue weighted by Crippen LogP contribution is 2.72. The second kappa shape index (κ2) is 12.1. The molecule has 0 atom stereocenters. The molecule has 0 aliphatic carbocycles. The van der Waals surface area contributed by atoms with Crippen molar-refractivity contribution in [2.45, 2.75) is 72.3 Å². The van der Waals surface area contributed by atoms with Crippen molar-refractivity contribution in [1.82, 2.24) is 0 Å². The van der Waals surface area contributed by atoms with Crippen LogP contribution in [0, 0.1) is 29.1 Å². The number of benzene rings is 4. The van der Waals surface area contributed by atoms with E-state index in [0.29, 0.717) is 5.75 Å². The molecule has 0 heterocycles. The molecule has 0 bridgehead atoms. The van der Waals surface area contributed by atoms with Crippen LogP contribution < -0.4 is 9.47 Å². The molecule has 0 aliphatic rings. The number of hydrogen-bond donors (Lipinski definition) is 0. The van der Waals surface area contributed by atoms with Gasteiger partial charge in [-0.25, -0.2) is 25.6 Å². The second-order valence-electron chi connectivity index (χ2n) is 11.6. The van der Waals surface area contributed by atoms with Crippen LogP contribution in [0.25, 0.3) is 0 Å². The zero-order chi connectivity index (χ0) is 32.7. The third kappa shape index (κ3) is 6.72. The van der Waals surface area contributed by atoms with E-state index in [2.05, 4.69) is 0 Å². The Hall–Kier alpha value is -3.61. The van der Waals surface area contributed by atoms with Crippen molar-refractivity contribution in [2.24, 2.45) is 0 Å². The Morgan fingerprint density at radius 1 is 0.568 bits per heavy atom. The molecule has 0 aliphatic heterocycles. The van der Waals surface area contributed by atoms with Crippen LogP contribution >= 0.6 is 10.3 Å². The summed E-state index contributed by atoms with van der Waals surface area (Å²) in [6.07, 6.45) is 0. The van der Waals surface area contributed by atoms with Crippen molar-refractivity contribution in [3.63, 3.8) is 0 Å². The minimum absolute atomic E-state index is 0.106. The number of ether oxygens (including phenoxy) is 2. The summed E-state index contributed by atoms with van der Waals surface area (Å²) in [5.41, 5.74) is -1.48. The predicted molar refractivity (Wildman–Crippen MR) is 157 cm³/mol. The highest BCUT2D eigenvalue weighted by Gasteiger charge is 2.44. The number of rotatable bonds is 8. The Morgan fingerprint density at radius 3 is 1.43 bits per heavy atom. The van der Waals surface area contributed by atoms with Gasteiger partial charge in [-0.2, -0.15) is 8.42 Å². The van der Waals surface area contributed by atoms with Crippen LogP contribution in [-0.4, -0.2) is 19.6 Å². The highest BCUT2D eigenvalue weighted by atomic mass is 32.3. The van der Waals surface area contributed by atoms with Gasteiger partial charge in [-0.3, -0.25) is 0 Å². The van der Waals surface area contributed by atoms with Crippen LogP contribution in [0.15, 0.2) is 98.4 Å². The Balaban J connectivity index is 2.14. The molecule has 0 aromatic heterocycles. The van der Waals surface area contributed by atoms with Crippen molar-refractivity contribution in [1.29, 1.82) is 0 Å². The van der Waals surface area contributed by atoms with Crippen LogP contribution in [0.2, 0.25) is 0 Å². The molecule has 0 fully saturated rings. The maximum Gasteiger partial charge on any atom is 0.313 e. The summed E-state index contributed by atoms with van der Waals surface area (Å²) in [6, 6.07) is 20.4. The lowest BCUT2D eigenvalue weighted by molar-refractivity contribution is 0.118. The molecule has 236 valence electrons. The van der Waals surface area contributed by atoms with Crippen LogP contribution in [0.5, 0.6) is 11.5 Å². The van der Waals surface area contributed by atoms with E-state index in [4.69, 9.17) is 13.1 Å². The van der Waals surface area contributed by atoms with Gasteiger partial charge in [0.1, 0.15) is 22.7 Å². The molecule has 0 unspecified atom stereocenters. The van der Waals surface area contributed by atoms with Gasteiger partial charge in [-0.15, -0.1) is 0 Å². The summed E-state index contributed by atoms with van der Waals surface area (Å²) in [5.74, 6) is -12.0. The summed E-state index contributed by atoms with van der Waals surface area (Å²) in [6.45, 7) is 10.7. The van der Waals surface area contributed by atoms with E-state index in [1.54, 1.807) is 63.2 Å². The molecule has 0 amide bonds. The molecule has 5 nitrogen and oxygen atoms in total. The van der Waals surface area contributed by atoms with Gasteiger partial charge in [-0.05, 0) is 88.2 Å². The van der Waals surface area contributed by atoms with E-state index < -0.39 is 65.6 Å². The molecule has 4 aromatic carbocycles. The predicted octanol–water partition coefficient (Wildman–Crippen LogP) is 9.34. The van der Waals surface area contributed by atoms with Crippen molar-refractivity contribution < 1.29 is 43.5 Å². The second-order valence-corrected chi connectivity index (χ2v) is 16.0. The van der Waals surface area contributed by atoms with Crippen LogP contribution in [0.1, 0.15) is 41.5 Å². The first-order valence-electron chi connectivity index (χ1n) is 13.3. The largest absolute Gasteiger partial charge is 0.488 e. The highest BCUT2D eigenvalue weighted by molar-refractivity contribution is 8.33. The van der Waals surface area contributed by atoms with Gasteiger partial charge in [0.2, 0.25) is 5.82 Å². The molecular formula is C32H31F5O5S2. The lowest BCUT2D eigenvalue weighted by atomic mass is 10.2. The van der Waals surface area contributed by atoms with E-state index in [1.807, 2.05) is 20.8 Å². The summed E-state index contributed by atoms with van der Waals surface area (Å²) in [7, 11) is -9.34. The van der Waals surface area contributed by atoms with Crippen molar-refractivity contribution in [3.8, 4) is 11.5 Å². The first kappa shape index (κ1) is 33.3. The molecule has 44 heavy (non-hydrogen) atoms. The lowest BCUT2D eigenvalue weighted by Gasteiger charge is -2.41. The van der Waals surface area contributed by atoms with Gasteiger partial charge >= 0.3 is 10.1 Å². The molecule has 0 N–H and O–H groups in total. The summed E-state index contributed by atoms with van der Waals surface area (Å²) < 4.78 is 118. The zero-order valence-electron chi connectivity index (χ0n) is 24.8. The minimum Gasteiger partial charge on any atom is -0.488 e. The lowest BCUT2D eigenvalue weighted by Crippen LogP contribution is -2.26. The normalized spacial score (nSPS) is 13.1.